The second-order valence-corrected chi connectivity index (χ2v) is 9.81. The van der Waals surface area contributed by atoms with Gasteiger partial charge < -0.3 is 42.6 Å². The van der Waals surface area contributed by atoms with Gasteiger partial charge in [-0.25, -0.2) is 4.79 Å². The summed E-state index contributed by atoms with van der Waals surface area (Å²) >= 11 is 0. The summed E-state index contributed by atoms with van der Waals surface area (Å²) in [4.78, 5) is 53.7. The van der Waals surface area contributed by atoms with Crippen molar-refractivity contribution in [2.45, 2.75) is 76.7 Å². The number of fused-ring (bicyclic) bond motifs is 1. The van der Waals surface area contributed by atoms with E-state index in [2.05, 4.69) is 20.9 Å². The van der Waals surface area contributed by atoms with E-state index in [-0.39, 0.29) is 18.8 Å². The number of carboxylic acid groups (broad SMARTS) is 1. The van der Waals surface area contributed by atoms with Gasteiger partial charge in [0.1, 0.15) is 18.1 Å². The second kappa shape index (κ2) is 14.5. The number of nitrogens with one attached hydrogen (secondary N) is 4. The Morgan fingerprint density at radius 3 is 2.21 bits per heavy atom. The van der Waals surface area contributed by atoms with Crippen LogP contribution in [0.5, 0.6) is 0 Å². The Morgan fingerprint density at radius 2 is 1.61 bits per heavy atom. The molecule has 0 bridgehead atoms. The lowest BCUT2D eigenvalue weighted by Crippen LogP contribution is -2.60. The monoisotopic (exact) mass is 532 g/mol. The van der Waals surface area contributed by atoms with E-state index < -0.39 is 54.0 Å². The van der Waals surface area contributed by atoms with Crippen molar-refractivity contribution in [2.75, 3.05) is 6.54 Å². The van der Waals surface area contributed by atoms with Crippen molar-refractivity contribution in [3.63, 3.8) is 0 Å². The number of aliphatic carboxylic acids is 1. The predicted molar refractivity (Wildman–Crippen MR) is 143 cm³/mol. The molecule has 5 unspecified atom stereocenters. The van der Waals surface area contributed by atoms with Crippen LogP contribution in [0, 0.1) is 5.92 Å². The fraction of sp³-hybridized carbons (Fsp3) is 0.538. The number of rotatable bonds is 15. The Hall–Kier alpha value is -3.48. The van der Waals surface area contributed by atoms with Crippen molar-refractivity contribution in [3.05, 3.63) is 36.0 Å². The fourth-order valence-electron chi connectivity index (χ4n) is 3.97. The molecule has 0 aliphatic rings. The van der Waals surface area contributed by atoms with Gasteiger partial charge in [0.2, 0.25) is 17.7 Å². The Bertz CT molecular complexity index is 1100. The normalized spacial score (nSPS) is 15.3. The molecule has 210 valence electrons. The van der Waals surface area contributed by atoms with Crippen molar-refractivity contribution in [1.82, 2.24) is 20.9 Å². The van der Waals surface area contributed by atoms with Crippen molar-refractivity contribution in [1.29, 1.82) is 0 Å². The van der Waals surface area contributed by atoms with Crippen molar-refractivity contribution < 1.29 is 29.4 Å². The van der Waals surface area contributed by atoms with Crippen LogP contribution in [0.2, 0.25) is 0 Å². The summed E-state index contributed by atoms with van der Waals surface area (Å²) in [7, 11) is 0. The zero-order chi connectivity index (χ0) is 28.4. The largest absolute Gasteiger partial charge is 0.480 e. The van der Waals surface area contributed by atoms with Crippen LogP contribution < -0.4 is 27.4 Å². The van der Waals surface area contributed by atoms with Gasteiger partial charge in [0.15, 0.2) is 0 Å². The highest BCUT2D eigenvalue weighted by Gasteiger charge is 2.33. The molecular weight excluding hydrogens is 492 g/mol. The zero-order valence-corrected chi connectivity index (χ0v) is 22.1. The number of carbonyl (C=O) groups is 4. The van der Waals surface area contributed by atoms with Gasteiger partial charge in [-0.2, -0.15) is 0 Å². The maximum atomic E-state index is 13.1. The summed E-state index contributed by atoms with van der Waals surface area (Å²) in [5.74, 6) is -3.52. The third-order valence-corrected chi connectivity index (χ3v) is 6.38. The van der Waals surface area contributed by atoms with Gasteiger partial charge in [0.05, 0.1) is 12.1 Å². The Kier molecular flexibility index (Phi) is 11.7. The molecule has 2 rings (SSSR count). The number of H-pyrrole nitrogens is 1. The Labute approximate surface area is 221 Å². The number of aliphatic hydroxyl groups is 1. The number of para-hydroxylation sites is 1. The van der Waals surface area contributed by atoms with Crippen molar-refractivity contribution >= 4 is 34.6 Å². The molecule has 0 aliphatic carbocycles. The molecule has 0 aliphatic heterocycles. The molecule has 12 heteroatoms. The first-order chi connectivity index (χ1) is 18.0. The maximum absolute atomic E-state index is 13.1. The number of hydrogen-bond donors (Lipinski definition) is 8. The van der Waals surface area contributed by atoms with E-state index in [1.807, 2.05) is 24.3 Å². The summed E-state index contributed by atoms with van der Waals surface area (Å²) in [5, 5.41) is 28.3. The molecule has 12 nitrogen and oxygen atoms in total. The van der Waals surface area contributed by atoms with Crippen LogP contribution in [-0.2, 0) is 25.6 Å². The number of hydrogen-bond acceptors (Lipinski definition) is 7. The average Bonchev–Trinajstić information content (AvgIpc) is 3.27. The molecule has 5 atom stereocenters. The number of aromatic amines is 1. The smallest absolute Gasteiger partial charge is 0.326 e. The van der Waals surface area contributed by atoms with Gasteiger partial charge in [-0.15, -0.1) is 0 Å². The lowest BCUT2D eigenvalue weighted by Gasteiger charge is -2.27. The molecule has 0 saturated heterocycles. The number of amides is 3. The van der Waals surface area contributed by atoms with E-state index in [4.69, 9.17) is 11.5 Å². The van der Waals surface area contributed by atoms with Crippen LogP contribution in [0.3, 0.4) is 0 Å². The van der Waals surface area contributed by atoms with Crippen LogP contribution >= 0.6 is 0 Å². The fourth-order valence-corrected chi connectivity index (χ4v) is 3.97. The third kappa shape index (κ3) is 8.54. The first-order valence-corrected chi connectivity index (χ1v) is 12.8. The summed E-state index contributed by atoms with van der Waals surface area (Å²) in [6.45, 7) is 5.25. The minimum atomic E-state index is -1.46. The molecule has 0 radical (unpaired) electrons. The minimum absolute atomic E-state index is 0.0174. The van der Waals surface area contributed by atoms with E-state index in [1.165, 1.54) is 6.92 Å². The molecule has 1 aromatic carbocycles. The molecule has 1 heterocycles. The number of aliphatic hydroxyl groups excluding tert-OH is 1. The molecule has 1 aromatic heterocycles. The second-order valence-electron chi connectivity index (χ2n) is 9.81. The quantitative estimate of drug-likeness (QED) is 0.143. The Morgan fingerprint density at radius 1 is 0.947 bits per heavy atom. The highest BCUT2D eigenvalue weighted by Crippen LogP contribution is 2.19. The van der Waals surface area contributed by atoms with Gasteiger partial charge >= 0.3 is 5.97 Å². The predicted octanol–water partition coefficient (Wildman–Crippen LogP) is -0.257. The van der Waals surface area contributed by atoms with Gasteiger partial charge in [-0.3, -0.25) is 14.4 Å². The number of carboxylic acids is 1. The van der Waals surface area contributed by atoms with Gasteiger partial charge in [0.25, 0.3) is 0 Å². The lowest BCUT2D eigenvalue weighted by atomic mass is 10.0. The first kappa shape index (κ1) is 30.7. The molecule has 38 heavy (non-hydrogen) atoms. The Balaban J connectivity index is 2.15. The van der Waals surface area contributed by atoms with E-state index in [0.717, 1.165) is 10.9 Å². The lowest BCUT2D eigenvalue weighted by molar-refractivity contribution is -0.143. The molecule has 0 spiro atoms. The average molecular weight is 533 g/mol. The van der Waals surface area contributed by atoms with E-state index in [9.17, 15) is 29.4 Å². The van der Waals surface area contributed by atoms with E-state index >= 15 is 0 Å². The van der Waals surface area contributed by atoms with Crippen LogP contribution in [0.1, 0.15) is 45.6 Å². The summed E-state index contributed by atoms with van der Waals surface area (Å²) in [6, 6.07) is 2.73. The number of nitrogens with two attached hydrogens (primary N) is 2. The van der Waals surface area contributed by atoms with Crippen molar-refractivity contribution in [3.8, 4) is 0 Å². The number of benzene rings is 1. The maximum Gasteiger partial charge on any atom is 0.326 e. The van der Waals surface area contributed by atoms with E-state index in [0.29, 0.717) is 24.9 Å². The topological polar surface area (TPSA) is 213 Å². The molecule has 2 aromatic rings. The molecule has 0 fully saturated rings. The van der Waals surface area contributed by atoms with Gasteiger partial charge in [-0.1, -0.05) is 32.0 Å². The molecule has 10 N–H and O–H groups in total. The highest BCUT2D eigenvalue weighted by molar-refractivity contribution is 5.94. The molecule has 3 amide bonds. The summed E-state index contributed by atoms with van der Waals surface area (Å²) < 4.78 is 0. The SMILES string of the molecule is CC(C)C(N)C(=O)NC(CCCCN)C(=O)NC(C(=O)NC(Cc1c[nH]c2ccccc12)C(=O)O)C(C)O. The first-order valence-electron chi connectivity index (χ1n) is 12.8. The number of unbranched alkanes of at least 4 members (excludes halogenated alkanes) is 1. The molecule has 0 saturated carbocycles. The molecular formula is C26H40N6O6. The van der Waals surface area contributed by atoms with Crippen LogP contribution in [0.25, 0.3) is 10.9 Å². The highest BCUT2D eigenvalue weighted by atomic mass is 16.4. The standard InChI is InChI=1S/C26H40N6O6/c1-14(2)21(28)24(35)30-19(10-6-7-11-27)23(34)32-22(15(3)33)25(36)31-20(26(37)38)12-16-13-29-18-9-5-4-8-17(16)18/h4-5,8-9,13-15,19-22,29,33H,6-7,10-12,27-28H2,1-3H3,(H,30,35)(H,31,36)(H,32,34)(H,37,38). The van der Waals surface area contributed by atoms with E-state index in [1.54, 1.807) is 20.0 Å². The third-order valence-electron chi connectivity index (χ3n) is 6.38. The van der Waals surface area contributed by atoms with Crippen LogP contribution in [-0.4, -0.2) is 75.7 Å². The zero-order valence-electron chi connectivity index (χ0n) is 22.1. The van der Waals surface area contributed by atoms with Gasteiger partial charge in [0, 0.05) is 23.5 Å². The summed E-state index contributed by atoms with van der Waals surface area (Å²) in [6.07, 6.45) is 1.70. The summed E-state index contributed by atoms with van der Waals surface area (Å²) in [5.41, 5.74) is 13.0. The van der Waals surface area contributed by atoms with Crippen LogP contribution in [0.15, 0.2) is 30.5 Å². The van der Waals surface area contributed by atoms with Crippen molar-refractivity contribution in [2.24, 2.45) is 17.4 Å². The minimum Gasteiger partial charge on any atom is -0.480 e. The number of aromatic nitrogens is 1. The number of carbonyl (C=O) groups excluding carboxylic acids is 3. The van der Waals surface area contributed by atoms with Gasteiger partial charge in [-0.05, 0) is 50.3 Å². The van der Waals surface area contributed by atoms with Crippen LogP contribution in [0.4, 0.5) is 0 Å².